The smallest absolute Gasteiger partial charge is 0.315 e. The molecule has 24 heavy (non-hydrogen) atoms. The second-order valence-electron chi connectivity index (χ2n) is 5.67. The molecule has 0 fully saturated rings. The second kappa shape index (κ2) is 8.88. The molecule has 1 aromatic carbocycles. The highest BCUT2D eigenvalue weighted by molar-refractivity contribution is 5.73. The number of ether oxygens (including phenoxy) is 1. The standard InChI is InChI=1S/C18H24N4O2/c1-22(2)17(15-4-6-16(24-3)7-5-15)13-21-18(23)20-12-14-8-10-19-11-9-14/h4-11,17H,12-13H2,1-3H3,(H2,20,21,23). The van der Waals surface area contributed by atoms with E-state index < -0.39 is 0 Å². The van der Waals surface area contributed by atoms with E-state index in [-0.39, 0.29) is 12.1 Å². The van der Waals surface area contributed by atoms with Gasteiger partial charge in [-0.1, -0.05) is 12.1 Å². The molecule has 0 aliphatic heterocycles. The van der Waals surface area contributed by atoms with Crippen LogP contribution in [-0.2, 0) is 6.54 Å². The van der Waals surface area contributed by atoms with Crippen LogP contribution in [0, 0.1) is 0 Å². The zero-order valence-corrected chi connectivity index (χ0v) is 14.3. The number of nitrogens with zero attached hydrogens (tertiary/aromatic N) is 2. The summed E-state index contributed by atoms with van der Waals surface area (Å²) < 4.78 is 5.18. The van der Waals surface area contributed by atoms with Gasteiger partial charge in [0.2, 0.25) is 0 Å². The third kappa shape index (κ3) is 5.24. The van der Waals surface area contributed by atoms with Gasteiger partial charge in [-0.05, 0) is 49.5 Å². The van der Waals surface area contributed by atoms with Gasteiger partial charge in [0.25, 0.3) is 0 Å². The molecule has 0 saturated heterocycles. The summed E-state index contributed by atoms with van der Waals surface area (Å²) >= 11 is 0. The number of likely N-dealkylation sites (N-methyl/N-ethyl adjacent to an activating group) is 1. The van der Waals surface area contributed by atoms with Crippen molar-refractivity contribution in [2.75, 3.05) is 27.7 Å². The summed E-state index contributed by atoms with van der Waals surface area (Å²) in [5.74, 6) is 0.819. The van der Waals surface area contributed by atoms with Crippen molar-refractivity contribution in [3.05, 3.63) is 59.9 Å². The van der Waals surface area contributed by atoms with Crippen LogP contribution in [0.1, 0.15) is 17.2 Å². The molecule has 0 saturated carbocycles. The second-order valence-corrected chi connectivity index (χ2v) is 5.67. The lowest BCUT2D eigenvalue weighted by Gasteiger charge is -2.25. The Morgan fingerprint density at radius 1 is 1.12 bits per heavy atom. The van der Waals surface area contributed by atoms with Gasteiger partial charge in [0.15, 0.2) is 0 Å². The Morgan fingerprint density at radius 3 is 2.38 bits per heavy atom. The quantitative estimate of drug-likeness (QED) is 0.818. The highest BCUT2D eigenvalue weighted by atomic mass is 16.5. The van der Waals surface area contributed by atoms with Gasteiger partial charge >= 0.3 is 6.03 Å². The van der Waals surface area contributed by atoms with E-state index in [0.717, 1.165) is 16.9 Å². The van der Waals surface area contributed by atoms with Gasteiger partial charge in [-0.2, -0.15) is 0 Å². The maximum atomic E-state index is 12.0. The molecule has 1 aromatic heterocycles. The Balaban J connectivity index is 1.87. The Labute approximate surface area is 142 Å². The first-order valence-electron chi connectivity index (χ1n) is 7.81. The first-order valence-corrected chi connectivity index (χ1v) is 7.81. The van der Waals surface area contributed by atoms with Crippen molar-refractivity contribution in [3.63, 3.8) is 0 Å². The molecule has 0 bridgehead atoms. The van der Waals surface area contributed by atoms with Gasteiger partial charge in [-0.3, -0.25) is 4.98 Å². The molecule has 1 unspecified atom stereocenters. The van der Waals surface area contributed by atoms with E-state index >= 15 is 0 Å². The summed E-state index contributed by atoms with van der Waals surface area (Å²) in [6.07, 6.45) is 3.42. The highest BCUT2D eigenvalue weighted by Gasteiger charge is 2.15. The zero-order chi connectivity index (χ0) is 17.4. The predicted octanol–water partition coefficient (Wildman–Crippen LogP) is 2.19. The number of carbonyl (C=O) groups is 1. The van der Waals surface area contributed by atoms with Gasteiger partial charge in [-0.15, -0.1) is 0 Å². The average Bonchev–Trinajstić information content (AvgIpc) is 2.61. The van der Waals surface area contributed by atoms with Crippen LogP contribution in [0.5, 0.6) is 5.75 Å². The van der Waals surface area contributed by atoms with Crippen molar-refractivity contribution in [1.29, 1.82) is 0 Å². The summed E-state index contributed by atoms with van der Waals surface area (Å²) in [6, 6.07) is 11.5. The summed E-state index contributed by atoms with van der Waals surface area (Å²) in [4.78, 5) is 18.0. The molecular weight excluding hydrogens is 304 g/mol. The number of aromatic nitrogens is 1. The highest BCUT2D eigenvalue weighted by Crippen LogP contribution is 2.20. The van der Waals surface area contributed by atoms with Gasteiger partial charge in [0.05, 0.1) is 13.2 Å². The van der Waals surface area contributed by atoms with Crippen molar-refractivity contribution >= 4 is 6.03 Å². The van der Waals surface area contributed by atoms with Gasteiger partial charge in [0.1, 0.15) is 5.75 Å². The third-order valence-electron chi connectivity index (χ3n) is 3.78. The Hall–Kier alpha value is -2.60. The lowest BCUT2D eigenvalue weighted by molar-refractivity contribution is 0.232. The summed E-state index contributed by atoms with van der Waals surface area (Å²) in [6.45, 7) is 0.991. The molecule has 0 aliphatic rings. The van der Waals surface area contributed by atoms with Crippen molar-refractivity contribution < 1.29 is 9.53 Å². The Kier molecular flexibility index (Phi) is 6.57. The fourth-order valence-corrected chi connectivity index (χ4v) is 2.36. The monoisotopic (exact) mass is 328 g/mol. The minimum absolute atomic E-state index is 0.0857. The van der Waals surface area contributed by atoms with E-state index in [9.17, 15) is 4.79 Å². The molecule has 2 aromatic rings. The molecule has 6 heteroatoms. The van der Waals surface area contributed by atoms with Crippen LogP contribution in [-0.4, -0.2) is 43.7 Å². The molecule has 0 aliphatic carbocycles. The maximum Gasteiger partial charge on any atom is 0.315 e. The van der Waals surface area contributed by atoms with Gasteiger partial charge in [-0.25, -0.2) is 4.79 Å². The van der Waals surface area contributed by atoms with Crippen molar-refractivity contribution in [1.82, 2.24) is 20.5 Å². The maximum absolute atomic E-state index is 12.0. The predicted molar refractivity (Wildman–Crippen MR) is 93.9 cm³/mol. The lowest BCUT2D eigenvalue weighted by Crippen LogP contribution is -2.40. The molecule has 2 rings (SSSR count). The molecule has 2 N–H and O–H groups in total. The largest absolute Gasteiger partial charge is 0.497 e. The van der Waals surface area contributed by atoms with Crippen molar-refractivity contribution in [3.8, 4) is 5.75 Å². The molecule has 0 radical (unpaired) electrons. The van der Waals surface area contributed by atoms with Crippen molar-refractivity contribution in [2.24, 2.45) is 0 Å². The first kappa shape index (κ1) is 17.7. The number of hydrogen-bond donors (Lipinski definition) is 2. The first-order chi connectivity index (χ1) is 11.6. The number of pyridine rings is 1. The Bertz CT molecular complexity index is 629. The summed E-state index contributed by atoms with van der Waals surface area (Å²) in [5.41, 5.74) is 2.13. The number of methoxy groups -OCH3 is 1. The number of urea groups is 1. The van der Waals surface area contributed by atoms with Crippen molar-refractivity contribution in [2.45, 2.75) is 12.6 Å². The van der Waals surface area contributed by atoms with Crippen LogP contribution in [0.2, 0.25) is 0 Å². The van der Waals surface area contributed by atoms with Crippen LogP contribution >= 0.6 is 0 Å². The van der Waals surface area contributed by atoms with Crippen LogP contribution in [0.3, 0.4) is 0 Å². The third-order valence-corrected chi connectivity index (χ3v) is 3.78. The molecule has 6 nitrogen and oxygen atoms in total. The number of carbonyl (C=O) groups excluding carboxylic acids is 1. The molecule has 1 heterocycles. The summed E-state index contributed by atoms with van der Waals surface area (Å²) in [5, 5.41) is 5.77. The van der Waals surface area contributed by atoms with Crippen LogP contribution in [0.25, 0.3) is 0 Å². The van der Waals surface area contributed by atoms with E-state index in [2.05, 4.69) is 20.5 Å². The minimum Gasteiger partial charge on any atom is -0.497 e. The lowest BCUT2D eigenvalue weighted by atomic mass is 10.1. The normalized spacial score (nSPS) is 11.8. The molecule has 0 spiro atoms. The number of nitrogens with one attached hydrogen (secondary N) is 2. The van der Waals surface area contributed by atoms with Crippen LogP contribution in [0.15, 0.2) is 48.8 Å². The SMILES string of the molecule is COc1ccc(C(CNC(=O)NCc2ccncc2)N(C)C)cc1. The van der Waals surface area contributed by atoms with Crippen LogP contribution < -0.4 is 15.4 Å². The van der Waals surface area contributed by atoms with Gasteiger partial charge in [0, 0.05) is 25.5 Å². The Morgan fingerprint density at radius 2 is 1.79 bits per heavy atom. The summed E-state index contributed by atoms with van der Waals surface area (Å²) in [7, 11) is 5.63. The number of benzene rings is 1. The van der Waals surface area contributed by atoms with E-state index in [0.29, 0.717) is 13.1 Å². The van der Waals surface area contributed by atoms with E-state index in [1.807, 2.05) is 50.5 Å². The van der Waals surface area contributed by atoms with Crippen LogP contribution in [0.4, 0.5) is 4.79 Å². The molecule has 128 valence electrons. The molecule has 2 amide bonds. The fraction of sp³-hybridized carbons (Fsp3) is 0.333. The average molecular weight is 328 g/mol. The van der Waals surface area contributed by atoms with E-state index in [4.69, 9.17) is 4.74 Å². The van der Waals surface area contributed by atoms with Gasteiger partial charge < -0.3 is 20.3 Å². The number of hydrogen-bond acceptors (Lipinski definition) is 4. The zero-order valence-electron chi connectivity index (χ0n) is 14.3. The number of rotatable bonds is 7. The molecular formula is C18H24N4O2. The van der Waals surface area contributed by atoms with E-state index in [1.54, 1.807) is 19.5 Å². The number of amides is 2. The fourth-order valence-electron chi connectivity index (χ4n) is 2.36. The molecule has 1 atom stereocenters. The van der Waals surface area contributed by atoms with E-state index in [1.165, 1.54) is 0 Å². The topological polar surface area (TPSA) is 66.5 Å². The minimum atomic E-state index is -0.188.